The van der Waals surface area contributed by atoms with Gasteiger partial charge >= 0.3 is 0 Å². The van der Waals surface area contributed by atoms with Crippen LogP contribution in [0.15, 0.2) is 54.7 Å². The largest absolute Gasteiger partial charge is 0.377 e. The Kier molecular flexibility index (Phi) is 3.83. The van der Waals surface area contributed by atoms with Gasteiger partial charge < -0.3 is 5.32 Å². The van der Waals surface area contributed by atoms with Gasteiger partial charge in [0.2, 0.25) is 0 Å². The number of hydrogen-bond acceptors (Lipinski definition) is 3. The number of rotatable bonds is 4. The average Bonchev–Trinajstić information content (AvgIpc) is 2.98. The van der Waals surface area contributed by atoms with Crippen molar-refractivity contribution in [3.05, 3.63) is 71.3 Å². The number of para-hydroxylation sites is 1. The summed E-state index contributed by atoms with van der Waals surface area (Å²) < 4.78 is 13.6. The third-order valence-corrected chi connectivity index (χ3v) is 3.15. The summed E-state index contributed by atoms with van der Waals surface area (Å²) in [5, 5.41) is 12.0. The molecule has 106 valence electrons. The van der Waals surface area contributed by atoms with E-state index in [0.717, 1.165) is 5.69 Å². The fourth-order valence-corrected chi connectivity index (χ4v) is 2.05. The molecule has 21 heavy (non-hydrogen) atoms. The van der Waals surface area contributed by atoms with Crippen LogP contribution in [0.25, 0.3) is 5.69 Å². The van der Waals surface area contributed by atoms with E-state index in [0.29, 0.717) is 22.9 Å². The molecule has 6 heteroatoms. The van der Waals surface area contributed by atoms with Crippen LogP contribution in [-0.4, -0.2) is 15.0 Å². The Morgan fingerprint density at radius 2 is 1.95 bits per heavy atom. The molecule has 0 saturated heterocycles. The Bertz CT molecular complexity index is 742. The smallest absolute Gasteiger partial charge is 0.146 e. The van der Waals surface area contributed by atoms with E-state index in [4.69, 9.17) is 11.6 Å². The molecule has 4 nitrogen and oxygen atoms in total. The molecule has 0 atom stereocenters. The molecule has 3 rings (SSSR count). The van der Waals surface area contributed by atoms with E-state index in [1.807, 2.05) is 30.3 Å². The summed E-state index contributed by atoms with van der Waals surface area (Å²) in [6, 6.07) is 14.0. The molecule has 0 spiro atoms. The number of aromatic nitrogens is 3. The molecule has 0 aliphatic rings. The second-order valence-corrected chi connectivity index (χ2v) is 4.88. The molecule has 0 radical (unpaired) electrons. The third-order valence-electron chi connectivity index (χ3n) is 2.91. The number of benzene rings is 2. The fraction of sp³-hybridized carbons (Fsp3) is 0.0667. The predicted molar refractivity (Wildman–Crippen MR) is 80.1 cm³/mol. The van der Waals surface area contributed by atoms with Crippen LogP contribution < -0.4 is 5.32 Å². The maximum Gasteiger partial charge on any atom is 0.146 e. The van der Waals surface area contributed by atoms with E-state index in [9.17, 15) is 4.39 Å². The van der Waals surface area contributed by atoms with Gasteiger partial charge in [0.05, 0.1) is 24.1 Å². The van der Waals surface area contributed by atoms with Crippen LogP contribution in [0.4, 0.5) is 10.1 Å². The van der Waals surface area contributed by atoms with Crippen molar-refractivity contribution in [1.82, 2.24) is 15.0 Å². The van der Waals surface area contributed by atoms with Crippen LogP contribution in [-0.2, 0) is 6.54 Å². The first-order valence-corrected chi connectivity index (χ1v) is 6.76. The highest BCUT2D eigenvalue weighted by molar-refractivity contribution is 6.30. The maximum absolute atomic E-state index is 13.6. The van der Waals surface area contributed by atoms with Gasteiger partial charge in [-0.05, 0) is 30.3 Å². The molecule has 0 aliphatic heterocycles. The summed E-state index contributed by atoms with van der Waals surface area (Å²) >= 11 is 5.84. The van der Waals surface area contributed by atoms with E-state index < -0.39 is 0 Å². The molecule has 0 amide bonds. The number of hydrogen-bond donors (Lipinski definition) is 1. The highest BCUT2D eigenvalue weighted by Crippen LogP contribution is 2.20. The first-order valence-electron chi connectivity index (χ1n) is 6.38. The van der Waals surface area contributed by atoms with Gasteiger partial charge in [0.1, 0.15) is 11.5 Å². The first-order chi connectivity index (χ1) is 10.2. The highest BCUT2D eigenvalue weighted by Gasteiger charge is 2.05. The summed E-state index contributed by atoms with van der Waals surface area (Å²) in [6.07, 6.45) is 1.64. The fourth-order valence-electron chi connectivity index (χ4n) is 1.88. The van der Waals surface area contributed by atoms with E-state index in [1.165, 1.54) is 16.9 Å². The monoisotopic (exact) mass is 302 g/mol. The van der Waals surface area contributed by atoms with Crippen LogP contribution in [0.5, 0.6) is 0 Å². The lowest BCUT2D eigenvalue weighted by molar-refractivity contribution is 0.630. The minimum atomic E-state index is -0.352. The van der Waals surface area contributed by atoms with Crippen molar-refractivity contribution in [2.45, 2.75) is 6.54 Å². The standard InChI is InChI=1S/C15H12ClFN4/c16-11-6-7-14(17)15(8-11)18-9-12-10-19-21(20-12)13-4-2-1-3-5-13/h1-8,10,18H,9H2. The van der Waals surface area contributed by atoms with Crippen LogP contribution in [0, 0.1) is 5.82 Å². The highest BCUT2D eigenvalue weighted by atomic mass is 35.5. The van der Waals surface area contributed by atoms with E-state index in [2.05, 4.69) is 15.5 Å². The zero-order chi connectivity index (χ0) is 14.7. The lowest BCUT2D eigenvalue weighted by Gasteiger charge is -2.05. The summed E-state index contributed by atoms with van der Waals surface area (Å²) in [4.78, 5) is 1.53. The molecule has 0 bridgehead atoms. The van der Waals surface area contributed by atoms with Crippen LogP contribution in [0.2, 0.25) is 5.02 Å². The summed E-state index contributed by atoms with van der Waals surface area (Å²) in [5.41, 5.74) is 1.92. The molecule has 0 aliphatic carbocycles. The quantitative estimate of drug-likeness (QED) is 0.799. The van der Waals surface area contributed by atoms with Crippen molar-refractivity contribution >= 4 is 17.3 Å². The zero-order valence-corrected chi connectivity index (χ0v) is 11.8. The van der Waals surface area contributed by atoms with E-state index >= 15 is 0 Å². The van der Waals surface area contributed by atoms with Crippen molar-refractivity contribution in [2.24, 2.45) is 0 Å². The van der Waals surface area contributed by atoms with Gasteiger partial charge in [-0.15, -0.1) is 0 Å². The summed E-state index contributed by atoms with van der Waals surface area (Å²) in [6.45, 7) is 0.365. The van der Waals surface area contributed by atoms with Gasteiger partial charge in [0.15, 0.2) is 0 Å². The van der Waals surface area contributed by atoms with Gasteiger partial charge in [-0.3, -0.25) is 0 Å². The minimum Gasteiger partial charge on any atom is -0.377 e. The van der Waals surface area contributed by atoms with Gasteiger partial charge in [0.25, 0.3) is 0 Å². The Morgan fingerprint density at radius 3 is 2.76 bits per heavy atom. The van der Waals surface area contributed by atoms with Crippen molar-refractivity contribution < 1.29 is 4.39 Å². The molecule has 2 aromatic carbocycles. The third kappa shape index (κ3) is 3.20. The normalized spacial score (nSPS) is 10.6. The van der Waals surface area contributed by atoms with Gasteiger partial charge in [-0.25, -0.2) is 4.39 Å². The van der Waals surface area contributed by atoms with Crippen molar-refractivity contribution in [3.63, 3.8) is 0 Å². The van der Waals surface area contributed by atoms with Crippen LogP contribution in [0.3, 0.4) is 0 Å². The van der Waals surface area contributed by atoms with E-state index in [-0.39, 0.29) is 5.82 Å². The summed E-state index contributed by atoms with van der Waals surface area (Å²) in [5.74, 6) is -0.352. The molecule has 1 N–H and O–H groups in total. The lowest BCUT2D eigenvalue weighted by Crippen LogP contribution is -2.03. The average molecular weight is 303 g/mol. The Labute approximate surface area is 126 Å². The van der Waals surface area contributed by atoms with Gasteiger partial charge in [-0.2, -0.15) is 15.0 Å². The molecule has 3 aromatic rings. The van der Waals surface area contributed by atoms with Crippen LogP contribution in [0.1, 0.15) is 5.69 Å². The SMILES string of the molecule is Fc1ccc(Cl)cc1NCc1cnn(-c2ccccc2)n1. The van der Waals surface area contributed by atoms with Gasteiger partial charge in [0, 0.05) is 5.02 Å². The van der Waals surface area contributed by atoms with E-state index in [1.54, 1.807) is 12.3 Å². The zero-order valence-electron chi connectivity index (χ0n) is 11.0. The molecule has 0 fully saturated rings. The number of nitrogens with zero attached hydrogens (tertiary/aromatic N) is 3. The second kappa shape index (κ2) is 5.93. The van der Waals surface area contributed by atoms with Gasteiger partial charge in [-0.1, -0.05) is 29.8 Å². The van der Waals surface area contributed by atoms with Crippen LogP contribution >= 0.6 is 11.6 Å². The van der Waals surface area contributed by atoms with Crippen molar-refractivity contribution in [3.8, 4) is 5.69 Å². The molecular weight excluding hydrogens is 291 g/mol. The molecule has 0 unspecified atom stereocenters. The molecule has 1 heterocycles. The Morgan fingerprint density at radius 1 is 1.14 bits per heavy atom. The Hall–Kier alpha value is -2.40. The molecule has 0 saturated carbocycles. The number of anilines is 1. The van der Waals surface area contributed by atoms with Crippen molar-refractivity contribution in [2.75, 3.05) is 5.32 Å². The summed E-state index contributed by atoms with van der Waals surface area (Å²) in [7, 11) is 0. The number of halogens is 2. The Balaban J connectivity index is 1.72. The topological polar surface area (TPSA) is 42.7 Å². The number of nitrogens with one attached hydrogen (secondary N) is 1. The molecule has 1 aromatic heterocycles. The predicted octanol–water partition coefficient (Wildman–Crippen LogP) is 3.67. The minimum absolute atomic E-state index is 0.344. The second-order valence-electron chi connectivity index (χ2n) is 4.44. The first kappa shape index (κ1) is 13.6. The maximum atomic E-state index is 13.6. The lowest BCUT2D eigenvalue weighted by atomic mass is 10.3. The van der Waals surface area contributed by atoms with Crippen molar-refractivity contribution in [1.29, 1.82) is 0 Å². The molecular formula is C15H12ClFN4.